The van der Waals surface area contributed by atoms with Gasteiger partial charge in [0.25, 0.3) is 0 Å². The fraction of sp³-hybridized carbons (Fsp3) is 0.556. The van der Waals surface area contributed by atoms with Crippen LogP contribution < -0.4 is 11.5 Å². The standard InChI is InChI=1S/C21H30N7O17P3.C6H10O3/c22-17-12-19(25-7-24-17)28(8-26-12)21-16(44-46(33,34)35)14(30)11(43-21)6-41-48(38,39)45-47(36,37)40-5-10-13(29)15(31)20(42-10)27-3-1-2-9(4-27)18(23)32;7-5-3-1-2-4-6(8)9/h1,3-4,7-8,10-11,13-16,20-21,29-31H,2,5-6H2,(H2,23,32)(H,36,37)(H,38,39)(H2,22,24,25)(H2,33,34,35);5H,1-4H2,(H,8,9)/t10-,11-,13-,14-,15-,16-,20-,21-;/m1./s1. The number of primary amides is 1. The van der Waals surface area contributed by atoms with E-state index in [1.54, 1.807) is 0 Å². The van der Waals surface area contributed by atoms with Gasteiger partial charge in [0.05, 0.1) is 19.5 Å². The van der Waals surface area contributed by atoms with E-state index in [-0.39, 0.29) is 35.4 Å². The van der Waals surface area contributed by atoms with Gasteiger partial charge in [-0.15, -0.1) is 0 Å². The molecule has 0 bridgehead atoms. The molecule has 3 aliphatic rings. The number of nitrogens with zero attached hydrogens (tertiary/aromatic N) is 5. The van der Waals surface area contributed by atoms with Crippen molar-refractivity contribution >= 4 is 58.6 Å². The number of aliphatic hydroxyl groups is 3. The number of phosphoric acid groups is 3. The molecule has 2 fully saturated rings. The summed E-state index contributed by atoms with van der Waals surface area (Å²) >= 11 is 0. The molecule has 30 heteroatoms. The van der Waals surface area contributed by atoms with Gasteiger partial charge in [-0.1, -0.05) is 6.08 Å². The van der Waals surface area contributed by atoms with Crippen LogP contribution in [0.4, 0.5) is 5.82 Å². The highest BCUT2D eigenvalue weighted by molar-refractivity contribution is 7.61. The number of allylic oxidation sites excluding steroid dienone is 1. The number of ether oxygens (including phenoxy) is 2. The number of amides is 1. The van der Waals surface area contributed by atoms with Gasteiger partial charge in [-0.05, 0) is 19.3 Å². The molecule has 318 valence electrons. The second kappa shape index (κ2) is 19.4. The first-order valence-electron chi connectivity index (χ1n) is 16.4. The summed E-state index contributed by atoms with van der Waals surface area (Å²) in [6.45, 7) is -2.02. The Kier molecular flexibility index (Phi) is 15.7. The van der Waals surface area contributed by atoms with E-state index in [0.717, 1.165) is 23.5 Å². The van der Waals surface area contributed by atoms with Gasteiger partial charge in [-0.2, -0.15) is 4.31 Å². The van der Waals surface area contributed by atoms with Gasteiger partial charge in [0.1, 0.15) is 54.8 Å². The lowest BCUT2D eigenvalue weighted by Gasteiger charge is -2.28. The number of nitrogen functional groups attached to an aromatic ring is 1. The maximum Gasteiger partial charge on any atom is 0.481 e. The first-order chi connectivity index (χ1) is 26.6. The van der Waals surface area contributed by atoms with Crippen molar-refractivity contribution in [2.45, 2.75) is 81.2 Å². The average molecular weight is 876 g/mol. The summed E-state index contributed by atoms with van der Waals surface area (Å²) < 4.78 is 67.2. The Morgan fingerprint density at radius 3 is 2.16 bits per heavy atom. The van der Waals surface area contributed by atoms with E-state index in [1.165, 1.54) is 23.4 Å². The molecule has 1 amide bonds. The van der Waals surface area contributed by atoms with Crippen molar-refractivity contribution in [1.29, 1.82) is 0 Å². The Labute approximate surface area is 320 Å². The Morgan fingerprint density at radius 2 is 1.56 bits per heavy atom. The van der Waals surface area contributed by atoms with Crippen LogP contribution in [0.2, 0.25) is 0 Å². The predicted octanol–water partition coefficient (Wildman–Crippen LogP) is -1.74. The van der Waals surface area contributed by atoms with Crippen molar-refractivity contribution in [3.63, 3.8) is 0 Å². The largest absolute Gasteiger partial charge is 0.481 e. The summed E-state index contributed by atoms with van der Waals surface area (Å²) in [4.78, 5) is 83.0. The summed E-state index contributed by atoms with van der Waals surface area (Å²) in [5.74, 6) is -1.58. The van der Waals surface area contributed by atoms with Crippen molar-refractivity contribution < 1.29 is 95.4 Å². The van der Waals surface area contributed by atoms with Crippen LogP contribution in [-0.4, -0.2) is 139 Å². The van der Waals surface area contributed by atoms with Crippen molar-refractivity contribution in [3.8, 4) is 0 Å². The number of anilines is 1. The van der Waals surface area contributed by atoms with Gasteiger partial charge in [-0.25, -0.2) is 28.6 Å². The van der Waals surface area contributed by atoms with E-state index in [4.69, 9.17) is 35.1 Å². The molecule has 0 saturated carbocycles. The van der Waals surface area contributed by atoms with Gasteiger partial charge in [0.2, 0.25) is 5.91 Å². The third-order valence-electron chi connectivity index (χ3n) is 8.07. The molecule has 0 aliphatic carbocycles. The molecule has 10 atom stereocenters. The molecule has 0 aromatic carbocycles. The molecule has 2 unspecified atom stereocenters. The molecule has 0 spiro atoms. The molecule has 2 aromatic heterocycles. The molecule has 57 heavy (non-hydrogen) atoms. The highest BCUT2D eigenvalue weighted by Gasteiger charge is 2.51. The number of nitrogens with two attached hydrogens (primary N) is 2. The first kappa shape index (κ1) is 46.1. The third kappa shape index (κ3) is 12.7. The number of aldehydes is 1. The first-order valence-corrected chi connectivity index (χ1v) is 20.9. The number of phosphoric ester groups is 3. The maximum atomic E-state index is 12.6. The minimum absolute atomic E-state index is 0.00424. The van der Waals surface area contributed by atoms with Crippen LogP contribution in [0.25, 0.3) is 11.2 Å². The lowest BCUT2D eigenvalue weighted by Crippen LogP contribution is -2.40. The van der Waals surface area contributed by atoms with Gasteiger partial charge in [0.15, 0.2) is 23.9 Å². The van der Waals surface area contributed by atoms with Crippen molar-refractivity contribution in [3.05, 3.63) is 36.7 Å². The Bertz CT molecular complexity index is 1960. The number of aliphatic carboxylic acids is 1. The van der Waals surface area contributed by atoms with E-state index in [9.17, 15) is 63.0 Å². The number of aromatic nitrogens is 4. The van der Waals surface area contributed by atoms with Gasteiger partial charge >= 0.3 is 29.4 Å². The van der Waals surface area contributed by atoms with Crippen molar-refractivity contribution in [2.24, 2.45) is 5.73 Å². The van der Waals surface area contributed by atoms with Crippen LogP contribution >= 0.6 is 23.5 Å². The number of hydrogen-bond donors (Lipinski definition) is 10. The molecular formula is C27H40N7O20P3. The maximum absolute atomic E-state index is 12.6. The number of aliphatic hydroxyl groups excluding tert-OH is 3. The summed E-state index contributed by atoms with van der Waals surface area (Å²) in [5, 5.41) is 39.7. The van der Waals surface area contributed by atoms with Crippen molar-refractivity contribution in [2.75, 3.05) is 18.9 Å². The summed E-state index contributed by atoms with van der Waals surface area (Å²) in [6, 6.07) is 0. The van der Waals surface area contributed by atoms with Crippen LogP contribution in [-0.2, 0) is 55.4 Å². The highest BCUT2D eigenvalue weighted by Crippen LogP contribution is 2.61. The van der Waals surface area contributed by atoms with E-state index in [2.05, 4.69) is 23.8 Å². The van der Waals surface area contributed by atoms with Crippen molar-refractivity contribution in [1.82, 2.24) is 24.4 Å². The second-order valence-electron chi connectivity index (χ2n) is 12.2. The molecule has 5 rings (SSSR count). The SMILES string of the molecule is NC(=O)C1=CN([C@@H]2O[C@H](COP(=O)(O)OP(=O)(O)OC[C@H]3O[C@@H](n4cnc5c(N)ncnc54)[C@H](OP(=O)(O)O)[C@@H]3O)[C@@H](O)[C@H]2O)C=CC1.O=CCCCCC(=O)O. The van der Waals surface area contributed by atoms with Crippen LogP contribution in [0.3, 0.4) is 0 Å². The number of carbonyl (C=O) groups excluding carboxylic acids is 2. The highest BCUT2D eigenvalue weighted by atomic mass is 31.3. The molecule has 3 aliphatic heterocycles. The third-order valence-corrected chi connectivity index (χ3v) is 11.2. The smallest absolute Gasteiger partial charge is 0.481 e. The molecule has 0 radical (unpaired) electrons. The van der Waals surface area contributed by atoms with E-state index in [0.29, 0.717) is 19.3 Å². The number of imidazole rings is 1. The molecule has 5 heterocycles. The minimum atomic E-state index is -5.52. The zero-order valence-corrected chi connectivity index (χ0v) is 31.9. The summed E-state index contributed by atoms with van der Waals surface area (Å²) in [7, 11) is -16.3. The van der Waals surface area contributed by atoms with Crippen LogP contribution in [0.1, 0.15) is 38.3 Å². The molecular weight excluding hydrogens is 835 g/mol. The monoisotopic (exact) mass is 875 g/mol. The topological polar surface area (TPSA) is 419 Å². The van der Waals surface area contributed by atoms with E-state index in [1.807, 2.05) is 0 Å². The number of carboxylic acids is 1. The number of carboxylic acid groups (broad SMARTS) is 1. The average Bonchev–Trinajstić information content (AvgIpc) is 3.77. The lowest BCUT2D eigenvalue weighted by molar-refractivity contribution is -0.137. The fourth-order valence-corrected chi connectivity index (χ4v) is 8.07. The molecule has 2 aromatic rings. The van der Waals surface area contributed by atoms with Crippen LogP contribution in [0, 0.1) is 0 Å². The summed E-state index contributed by atoms with van der Waals surface area (Å²) in [6.07, 6.45) is -3.71. The van der Waals surface area contributed by atoms with Crippen LogP contribution in [0.15, 0.2) is 36.7 Å². The normalized spacial score (nSPS) is 28.3. The number of unbranched alkanes of at least 4 members (excludes halogenated alkanes) is 2. The quantitative estimate of drug-likeness (QED) is 0.0451. The molecule has 12 N–H and O–H groups in total. The Morgan fingerprint density at radius 1 is 0.930 bits per heavy atom. The zero-order chi connectivity index (χ0) is 42.3. The minimum Gasteiger partial charge on any atom is -0.481 e. The number of carbonyl (C=O) groups is 3. The van der Waals surface area contributed by atoms with E-state index >= 15 is 0 Å². The van der Waals surface area contributed by atoms with Gasteiger partial charge < -0.3 is 70.6 Å². The molecule has 27 nitrogen and oxygen atoms in total. The second-order valence-corrected chi connectivity index (χ2v) is 16.5. The lowest BCUT2D eigenvalue weighted by atomic mass is 10.1. The Hall–Kier alpha value is -3.59. The van der Waals surface area contributed by atoms with E-state index < -0.39 is 97.6 Å². The van der Waals surface area contributed by atoms with Gasteiger partial charge in [-0.3, -0.25) is 27.7 Å². The number of rotatable bonds is 18. The zero-order valence-electron chi connectivity index (χ0n) is 29.2. The summed E-state index contributed by atoms with van der Waals surface area (Å²) in [5.41, 5.74) is 11.3. The number of hydrogen-bond acceptors (Lipinski definition) is 20. The fourth-order valence-electron chi connectivity index (χ4n) is 5.44. The number of fused-ring (bicyclic) bond motifs is 1. The van der Waals surface area contributed by atoms with Crippen LogP contribution in [0.5, 0.6) is 0 Å². The van der Waals surface area contributed by atoms with Gasteiger partial charge in [0, 0.05) is 30.8 Å². The Balaban J connectivity index is 0.000000713. The predicted molar refractivity (Wildman–Crippen MR) is 185 cm³/mol. The molecule has 2 saturated heterocycles.